The number of carbonyl (C=O) groups excluding carboxylic acids is 1. The van der Waals surface area contributed by atoms with Crippen molar-refractivity contribution >= 4 is 47.6 Å². The van der Waals surface area contributed by atoms with Crippen molar-refractivity contribution in [2.24, 2.45) is 4.99 Å². The van der Waals surface area contributed by atoms with E-state index in [1.165, 1.54) is 12.2 Å². The molecule has 0 aliphatic rings. The lowest BCUT2D eigenvalue weighted by Gasteiger charge is -2.12. The third-order valence-electron chi connectivity index (χ3n) is 3.41. The van der Waals surface area contributed by atoms with Gasteiger partial charge in [0.25, 0.3) is 5.91 Å². The highest BCUT2D eigenvalue weighted by molar-refractivity contribution is 14.0. The number of hydrogen-bond donors (Lipinski definition) is 3. The second-order valence-corrected chi connectivity index (χ2v) is 6.14. The van der Waals surface area contributed by atoms with Gasteiger partial charge in [-0.15, -0.1) is 24.0 Å². The van der Waals surface area contributed by atoms with Crippen molar-refractivity contribution < 1.29 is 4.79 Å². The minimum absolute atomic E-state index is 0. The van der Waals surface area contributed by atoms with Crippen LogP contribution in [0.3, 0.4) is 0 Å². The third-order valence-corrected chi connectivity index (χ3v) is 4.11. The molecule has 24 heavy (non-hydrogen) atoms. The molecule has 0 radical (unpaired) electrons. The predicted molar refractivity (Wildman–Crippen MR) is 116 cm³/mol. The van der Waals surface area contributed by atoms with Crippen molar-refractivity contribution in [3.8, 4) is 0 Å². The van der Waals surface area contributed by atoms with Crippen LogP contribution in [0.2, 0.25) is 0 Å². The Balaban J connectivity index is 0.00000529. The van der Waals surface area contributed by atoms with Gasteiger partial charge in [0, 0.05) is 32.7 Å². The maximum Gasteiger partial charge on any atom is 0.251 e. The number of amides is 1. The normalized spacial score (nSPS) is 10.7. The van der Waals surface area contributed by atoms with E-state index in [-0.39, 0.29) is 29.9 Å². The Morgan fingerprint density at radius 2 is 1.96 bits per heavy atom. The summed E-state index contributed by atoms with van der Waals surface area (Å²) in [7, 11) is 3.43. The van der Waals surface area contributed by atoms with Crippen LogP contribution in [0.25, 0.3) is 0 Å². The van der Waals surface area contributed by atoms with Crippen molar-refractivity contribution in [2.75, 3.05) is 39.2 Å². The first-order valence-electron chi connectivity index (χ1n) is 7.95. The van der Waals surface area contributed by atoms with Gasteiger partial charge in [-0.2, -0.15) is 11.8 Å². The molecule has 0 aliphatic carbocycles. The SMILES string of the molecule is CN=C(NCCCCSC)NCCc1cccc(C(=O)NC)c1.I. The molecule has 0 saturated carbocycles. The van der Waals surface area contributed by atoms with Crippen molar-refractivity contribution in [2.45, 2.75) is 19.3 Å². The number of nitrogens with one attached hydrogen (secondary N) is 3. The van der Waals surface area contributed by atoms with E-state index in [2.05, 4.69) is 27.2 Å². The Morgan fingerprint density at radius 3 is 2.62 bits per heavy atom. The largest absolute Gasteiger partial charge is 0.356 e. The fourth-order valence-corrected chi connectivity index (χ4v) is 2.63. The van der Waals surface area contributed by atoms with Gasteiger partial charge in [-0.05, 0) is 49.0 Å². The summed E-state index contributed by atoms with van der Waals surface area (Å²) in [5.41, 5.74) is 1.83. The highest BCUT2D eigenvalue weighted by Crippen LogP contribution is 2.05. The molecule has 0 spiro atoms. The monoisotopic (exact) mass is 464 g/mol. The molecule has 0 fully saturated rings. The molecule has 136 valence electrons. The van der Waals surface area contributed by atoms with E-state index >= 15 is 0 Å². The average molecular weight is 464 g/mol. The average Bonchev–Trinajstić information content (AvgIpc) is 2.59. The molecule has 0 saturated heterocycles. The predicted octanol–water partition coefficient (Wildman–Crippen LogP) is 2.51. The molecule has 0 heterocycles. The molecule has 0 atom stereocenters. The summed E-state index contributed by atoms with van der Waals surface area (Å²) in [6.07, 6.45) is 5.35. The summed E-state index contributed by atoms with van der Waals surface area (Å²) >= 11 is 1.88. The fraction of sp³-hybridized carbons (Fsp3) is 0.529. The van der Waals surface area contributed by atoms with Gasteiger partial charge in [-0.3, -0.25) is 9.79 Å². The van der Waals surface area contributed by atoms with Gasteiger partial charge in [0.2, 0.25) is 0 Å². The zero-order valence-corrected chi connectivity index (χ0v) is 17.9. The lowest BCUT2D eigenvalue weighted by Crippen LogP contribution is -2.38. The summed E-state index contributed by atoms with van der Waals surface area (Å²) in [6, 6.07) is 7.70. The molecular formula is C17H29IN4OS. The highest BCUT2D eigenvalue weighted by atomic mass is 127. The topological polar surface area (TPSA) is 65.5 Å². The molecule has 1 aromatic carbocycles. The number of carbonyl (C=O) groups is 1. The lowest BCUT2D eigenvalue weighted by molar-refractivity contribution is 0.0963. The van der Waals surface area contributed by atoms with Crippen LogP contribution in [0.15, 0.2) is 29.3 Å². The second kappa shape index (κ2) is 14.4. The summed E-state index contributed by atoms with van der Waals surface area (Å²) < 4.78 is 0. The van der Waals surface area contributed by atoms with E-state index < -0.39 is 0 Å². The summed E-state index contributed by atoms with van der Waals surface area (Å²) in [4.78, 5) is 15.9. The van der Waals surface area contributed by atoms with Crippen LogP contribution in [-0.2, 0) is 6.42 Å². The number of aliphatic imine (C=N–C) groups is 1. The van der Waals surface area contributed by atoms with Crippen molar-refractivity contribution in [1.82, 2.24) is 16.0 Å². The number of nitrogens with zero attached hydrogens (tertiary/aromatic N) is 1. The lowest BCUT2D eigenvalue weighted by atomic mass is 10.1. The van der Waals surface area contributed by atoms with Crippen LogP contribution >= 0.6 is 35.7 Å². The van der Waals surface area contributed by atoms with E-state index in [4.69, 9.17) is 0 Å². The highest BCUT2D eigenvalue weighted by Gasteiger charge is 2.04. The van der Waals surface area contributed by atoms with Gasteiger partial charge in [0.15, 0.2) is 5.96 Å². The third kappa shape index (κ3) is 9.36. The van der Waals surface area contributed by atoms with Gasteiger partial charge >= 0.3 is 0 Å². The summed E-state index contributed by atoms with van der Waals surface area (Å²) in [5, 5.41) is 9.27. The fourth-order valence-electron chi connectivity index (χ4n) is 2.14. The second-order valence-electron chi connectivity index (χ2n) is 5.16. The zero-order valence-electron chi connectivity index (χ0n) is 14.7. The van der Waals surface area contributed by atoms with Gasteiger partial charge in [0.05, 0.1) is 0 Å². The van der Waals surface area contributed by atoms with Gasteiger partial charge in [-0.25, -0.2) is 0 Å². The van der Waals surface area contributed by atoms with Crippen molar-refractivity contribution in [1.29, 1.82) is 0 Å². The number of unbranched alkanes of at least 4 members (excludes halogenated alkanes) is 1. The summed E-state index contributed by atoms with van der Waals surface area (Å²) in [5.74, 6) is 1.98. The number of rotatable bonds is 9. The molecule has 1 rings (SSSR count). The molecule has 1 amide bonds. The molecule has 7 heteroatoms. The van der Waals surface area contributed by atoms with Crippen LogP contribution in [0.4, 0.5) is 0 Å². The Kier molecular flexibility index (Phi) is 13.8. The number of thioether (sulfide) groups is 1. The van der Waals surface area contributed by atoms with E-state index in [9.17, 15) is 4.79 Å². The van der Waals surface area contributed by atoms with Gasteiger partial charge < -0.3 is 16.0 Å². The Morgan fingerprint density at radius 1 is 1.21 bits per heavy atom. The number of benzene rings is 1. The first-order valence-corrected chi connectivity index (χ1v) is 9.35. The van der Waals surface area contributed by atoms with Gasteiger partial charge in [-0.1, -0.05) is 12.1 Å². The Hall–Kier alpha value is -0.960. The minimum Gasteiger partial charge on any atom is -0.356 e. The minimum atomic E-state index is -0.0532. The van der Waals surface area contributed by atoms with E-state index in [1.54, 1.807) is 14.1 Å². The van der Waals surface area contributed by atoms with E-state index in [0.717, 1.165) is 37.5 Å². The molecule has 0 aliphatic heterocycles. The number of hydrogen-bond acceptors (Lipinski definition) is 3. The maximum absolute atomic E-state index is 11.6. The smallest absolute Gasteiger partial charge is 0.251 e. The van der Waals surface area contributed by atoms with E-state index in [0.29, 0.717) is 5.56 Å². The van der Waals surface area contributed by atoms with Crippen molar-refractivity contribution in [3.63, 3.8) is 0 Å². The van der Waals surface area contributed by atoms with Crippen LogP contribution in [-0.4, -0.2) is 51.1 Å². The van der Waals surface area contributed by atoms with Crippen LogP contribution in [0.1, 0.15) is 28.8 Å². The first-order chi connectivity index (χ1) is 11.2. The molecule has 0 aromatic heterocycles. The molecule has 0 bridgehead atoms. The maximum atomic E-state index is 11.6. The number of halogens is 1. The van der Waals surface area contributed by atoms with E-state index in [1.807, 2.05) is 36.0 Å². The van der Waals surface area contributed by atoms with Crippen LogP contribution < -0.4 is 16.0 Å². The van der Waals surface area contributed by atoms with Crippen molar-refractivity contribution in [3.05, 3.63) is 35.4 Å². The van der Waals surface area contributed by atoms with Gasteiger partial charge in [0.1, 0.15) is 0 Å². The zero-order chi connectivity index (χ0) is 16.9. The first kappa shape index (κ1) is 23.0. The summed E-state index contributed by atoms with van der Waals surface area (Å²) in [6.45, 7) is 1.72. The van der Waals surface area contributed by atoms with Crippen LogP contribution in [0.5, 0.6) is 0 Å². The standard InChI is InChI=1S/C17H28N4OS.HI/c1-18-16(22)15-8-6-7-14(13-15)9-11-21-17(19-2)20-10-4-5-12-23-3;/h6-8,13H,4-5,9-12H2,1-3H3,(H,18,22)(H2,19,20,21);1H. The number of guanidine groups is 1. The molecule has 5 nitrogen and oxygen atoms in total. The quantitative estimate of drug-likeness (QED) is 0.228. The molecule has 0 unspecified atom stereocenters. The molecule has 3 N–H and O–H groups in total. The molecule has 1 aromatic rings. The molecular weight excluding hydrogens is 435 g/mol. The Labute approximate surface area is 166 Å². The Bertz CT molecular complexity index is 511. The van der Waals surface area contributed by atoms with Crippen LogP contribution in [0, 0.1) is 0 Å².